The maximum atomic E-state index is 11.8. The van der Waals surface area contributed by atoms with Gasteiger partial charge in [0.25, 0.3) is 0 Å². The third kappa shape index (κ3) is 7.78. The van der Waals surface area contributed by atoms with Crippen LogP contribution in [-0.2, 0) is 31.3 Å². The van der Waals surface area contributed by atoms with Crippen LogP contribution in [-0.4, -0.2) is 52.9 Å². The van der Waals surface area contributed by atoms with E-state index in [0.717, 1.165) is 11.8 Å². The molecule has 0 radical (unpaired) electrons. The summed E-state index contributed by atoms with van der Waals surface area (Å²) in [6.45, 7) is 4.09. The van der Waals surface area contributed by atoms with Crippen LogP contribution in [0.3, 0.4) is 0 Å². The number of rotatable bonds is 10. The van der Waals surface area contributed by atoms with Crippen molar-refractivity contribution in [3.8, 4) is 0 Å². The van der Waals surface area contributed by atoms with Gasteiger partial charge in [0, 0.05) is 26.1 Å². The summed E-state index contributed by atoms with van der Waals surface area (Å²) in [5.41, 5.74) is 0.845. The molecule has 3 N–H and O–H groups in total. The van der Waals surface area contributed by atoms with E-state index >= 15 is 0 Å². The summed E-state index contributed by atoms with van der Waals surface area (Å²) >= 11 is 0. The number of carbonyl (C=O) groups excluding carboxylic acids is 1. The van der Waals surface area contributed by atoms with Crippen LogP contribution in [0.15, 0.2) is 41.8 Å². The highest BCUT2D eigenvalue weighted by Gasteiger charge is 2.16. The molecule has 0 aliphatic heterocycles. The first kappa shape index (κ1) is 21.3. The van der Waals surface area contributed by atoms with Crippen molar-refractivity contribution < 1.29 is 21.6 Å². The molecule has 0 aliphatic carbocycles. The topological polar surface area (TPSA) is 127 Å². The molecule has 140 valence electrons. The van der Waals surface area contributed by atoms with Gasteiger partial charge in [-0.3, -0.25) is 4.79 Å². The van der Waals surface area contributed by atoms with Gasteiger partial charge in [0.05, 0.1) is 11.2 Å². The molecule has 0 aliphatic rings. The molecule has 1 amide bonds. The molecule has 0 atom stereocenters. The largest absolute Gasteiger partial charge is 0.356 e. The van der Waals surface area contributed by atoms with Crippen molar-refractivity contribution in [2.24, 2.45) is 5.14 Å². The van der Waals surface area contributed by atoms with Gasteiger partial charge in [0.1, 0.15) is 0 Å². The van der Waals surface area contributed by atoms with Crippen molar-refractivity contribution in [1.29, 1.82) is 0 Å². The first-order chi connectivity index (χ1) is 11.5. The molecular formula is C15H23N3O5S2. The Balaban J connectivity index is 2.43. The average molecular weight is 389 g/mol. The fraction of sp³-hybridized carbons (Fsp3) is 0.400. The average Bonchev–Trinajstić information content (AvgIpc) is 2.50. The number of nitrogens with two attached hydrogens (primary N) is 1. The lowest BCUT2D eigenvalue weighted by Gasteiger charge is -2.17. The van der Waals surface area contributed by atoms with Crippen molar-refractivity contribution in [2.45, 2.75) is 17.7 Å². The maximum absolute atomic E-state index is 11.8. The highest BCUT2D eigenvalue weighted by atomic mass is 32.2. The number of nitrogens with zero attached hydrogens (tertiary/aromatic N) is 1. The Morgan fingerprint density at radius 3 is 2.32 bits per heavy atom. The van der Waals surface area contributed by atoms with Crippen LogP contribution in [0, 0.1) is 0 Å². The number of benzene rings is 1. The van der Waals surface area contributed by atoms with Gasteiger partial charge in [-0.1, -0.05) is 18.2 Å². The fourth-order valence-corrected chi connectivity index (χ4v) is 3.36. The van der Waals surface area contributed by atoms with E-state index in [0.29, 0.717) is 13.0 Å². The van der Waals surface area contributed by atoms with Crippen LogP contribution in [0.25, 0.3) is 0 Å². The lowest BCUT2D eigenvalue weighted by Crippen LogP contribution is -2.35. The zero-order valence-electron chi connectivity index (χ0n) is 14.0. The summed E-state index contributed by atoms with van der Waals surface area (Å²) in [4.78, 5) is 11.8. The normalized spacial score (nSPS) is 12.1. The summed E-state index contributed by atoms with van der Waals surface area (Å²) in [5.74, 6) is -0.265. The van der Waals surface area contributed by atoms with Crippen LogP contribution < -0.4 is 10.5 Å². The Kier molecular flexibility index (Phi) is 7.74. The predicted octanol–water partition coefficient (Wildman–Crippen LogP) is -0.170. The van der Waals surface area contributed by atoms with Crippen LogP contribution in [0.1, 0.15) is 12.0 Å². The summed E-state index contributed by atoms with van der Waals surface area (Å²) in [5, 5.41) is 7.71. The summed E-state index contributed by atoms with van der Waals surface area (Å²) < 4.78 is 46.5. The highest BCUT2D eigenvalue weighted by molar-refractivity contribution is 7.89. The first-order valence-electron chi connectivity index (χ1n) is 7.48. The Bertz CT molecular complexity index is 802. The van der Waals surface area contributed by atoms with E-state index in [1.165, 1.54) is 22.5 Å². The SMILES string of the molecule is C=CCN(CCC(=O)NCCc1ccc(S(N)(=O)=O)cc1)S(C)(=O)=O. The Morgan fingerprint density at radius 1 is 1.24 bits per heavy atom. The highest BCUT2D eigenvalue weighted by Crippen LogP contribution is 2.09. The molecule has 0 fully saturated rings. The second kappa shape index (κ2) is 9.09. The molecular weight excluding hydrogens is 366 g/mol. The Labute approximate surface area is 148 Å². The molecule has 1 rings (SSSR count). The summed E-state index contributed by atoms with van der Waals surface area (Å²) in [7, 11) is -7.10. The molecule has 0 unspecified atom stereocenters. The van der Waals surface area contributed by atoms with E-state index in [1.54, 1.807) is 12.1 Å². The molecule has 0 saturated heterocycles. The van der Waals surface area contributed by atoms with E-state index < -0.39 is 20.0 Å². The van der Waals surface area contributed by atoms with Crippen LogP contribution in [0.5, 0.6) is 0 Å². The smallest absolute Gasteiger partial charge is 0.238 e. The van der Waals surface area contributed by atoms with Gasteiger partial charge in [-0.25, -0.2) is 22.0 Å². The lowest BCUT2D eigenvalue weighted by atomic mass is 10.1. The molecule has 0 heterocycles. The fourth-order valence-electron chi connectivity index (χ4n) is 2.04. The quantitative estimate of drug-likeness (QED) is 0.537. The van der Waals surface area contributed by atoms with E-state index in [9.17, 15) is 21.6 Å². The molecule has 0 saturated carbocycles. The summed E-state index contributed by atoms with van der Waals surface area (Å²) in [6, 6.07) is 6.07. The van der Waals surface area contributed by atoms with E-state index in [4.69, 9.17) is 5.14 Å². The number of primary sulfonamides is 1. The minimum Gasteiger partial charge on any atom is -0.356 e. The van der Waals surface area contributed by atoms with E-state index in [-0.39, 0.29) is 30.3 Å². The van der Waals surface area contributed by atoms with Gasteiger partial charge < -0.3 is 5.32 Å². The number of hydrogen-bond acceptors (Lipinski definition) is 5. The third-order valence-corrected chi connectivity index (χ3v) is 5.58. The number of amides is 1. The summed E-state index contributed by atoms with van der Waals surface area (Å²) in [6.07, 6.45) is 3.11. The minimum atomic E-state index is -3.72. The van der Waals surface area contributed by atoms with Crippen molar-refractivity contribution in [3.05, 3.63) is 42.5 Å². The number of hydrogen-bond donors (Lipinski definition) is 2. The van der Waals surface area contributed by atoms with Crippen molar-refractivity contribution in [2.75, 3.05) is 25.9 Å². The molecule has 0 bridgehead atoms. The van der Waals surface area contributed by atoms with Crippen LogP contribution >= 0.6 is 0 Å². The van der Waals surface area contributed by atoms with Crippen LogP contribution in [0.2, 0.25) is 0 Å². The number of sulfonamides is 2. The number of nitrogens with one attached hydrogen (secondary N) is 1. The molecule has 8 nitrogen and oxygen atoms in total. The monoisotopic (exact) mass is 389 g/mol. The molecule has 0 aromatic heterocycles. The van der Waals surface area contributed by atoms with Gasteiger partial charge >= 0.3 is 0 Å². The zero-order chi connectivity index (χ0) is 19.1. The van der Waals surface area contributed by atoms with E-state index in [1.807, 2.05) is 0 Å². The van der Waals surface area contributed by atoms with Gasteiger partial charge in [-0.2, -0.15) is 4.31 Å². The molecule has 10 heteroatoms. The second-order valence-corrected chi connectivity index (χ2v) is 8.99. The van der Waals surface area contributed by atoms with Crippen molar-refractivity contribution >= 4 is 26.0 Å². The van der Waals surface area contributed by atoms with Gasteiger partial charge in [0.15, 0.2) is 0 Å². The van der Waals surface area contributed by atoms with Crippen molar-refractivity contribution in [1.82, 2.24) is 9.62 Å². The van der Waals surface area contributed by atoms with Gasteiger partial charge in [-0.05, 0) is 24.1 Å². The number of carbonyl (C=O) groups is 1. The lowest BCUT2D eigenvalue weighted by molar-refractivity contribution is -0.121. The molecule has 1 aromatic rings. The van der Waals surface area contributed by atoms with Crippen molar-refractivity contribution in [3.63, 3.8) is 0 Å². The zero-order valence-corrected chi connectivity index (χ0v) is 15.6. The van der Waals surface area contributed by atoms with Gasteiger partial charge in [-0.15, -0.1) is 6.58 Å². The van der Waals surface area contributed by atoms with Crippen LogP contribution in [0.4, 0.5) is 0 Å². The Morgan fingerprint density at radius 2 is 1.84 bits per heavy atom. The first-order valence-corrected chi connectivity index (χ1v) is 10.9. The minimum absolute atomic E-state index is 0.0309. The predicted molar refractivity (Wildman–Crippen MR) is 95.8 cm³/mol. The standard InChI is InChI=1S/C15H23N3O5S2/c1-3-11-18(24(2,20)21)12-9-15(19)17-10-8-13-4-6-14(7-5-13)25(16,22)23/h3-7H,1,8-12H2,2H3,(H,17,19)(H2,16,22,23). The molecule has 0 spiro atoms. The Hall–Kier alpha value is -1.75. The maximum Gasteiger partial charge on any atom is 0.238 e. The van der Waals surface area contributed by atoms with Gasteiger partial charge in [0.2, 0.25) is 26.0 Å². The second-order valence-electron chi connectivity index (χ2n) is 5.45. The third-order valence-electron chi connectivity index (χ3n) is 3.38. The molecule has 25 heavy (non-hydrogen) atoms. The van der Waals surface area contributed by atoms with E-state index in [2.05, 4.69) is 11.9 Å². The molecule has 1 aromatic carbocycles.